The largest absolute Gasteiger partial charge is 0.457 e. The van der Waals surface area contributed by atoms with E-state index >= 15 is 0 Å². The summed E-state index contributed by atoms with van der Waals surface area (Å²) in [7, 11) is 3.98. The molecule has 0 bridgehead atoms. The number of hydrogen-bond acceptors (Lipinski definition) is 8. The highest BCUT2D eigenvalue weighted by Gasteiger charge is 2.41. The van der Waals surface area contributed by atoms with Gasteiger partial charge in [-0.1, -0.05) is 25.1 Å². The molecule has 1 saturated heterocycles. The van der Waals surface area contributed by atoms with Crippen molar-refractivity contribution in [3.63, 3.8) is 0 Å². The van der Waals surface area contributed by atoms with E-state index < -0.39 is 36.4 Å². The fourth-order valence-electron chi connectivity index (χ4n) is 4.08. The molecule has 0 spiro atoms. The van der Waals surface area contributed by atoms with E-state index in [4.69, 9.17) is 9.15 Å². The van der Waals surface area contributed by atoms with Gasteiger partial charge in [-0.3, -0.25) is 4.79 Å². The zero-order chi connectivity index (χ0) is 26.0. The van der Waals surface area contributed by atoms with Gasteiger partial charge in [0.15, 0.2) is 6.29 Å². The maximum Gasteiger partial charge on any atom is 0.262 e. The number of furan rings is 1. The number of aliphatic hydroxyl groups excluding tert-OH is 3. The maximum atomic E-state index is 12.5. The number of nitrogens with zero attached hydrogens (tertiary/aromatic N) is 2. The Bertz CT molecular complexity index is 1320. The zero-order valence-electron chi connectivity index (χ0n) is 20.3. The van der Waals surface area contributed by atoms with Gasteiger partial charge in [0.05, 0.1) is 6.10 Å². The summed E-state index contributed by atoms with van der Waals surface area (Å²) < 4.78 is 11.1. The van der Waals surface area contributed by atoms with E-state index in [9.17, 15) is 25.4 Å². The monoisotopic (exact) mass is 491 g/mol. The number of aliphatic hydroxyl groups is 3. The Kier molecular flexibility index (Phi) is 7.43. The van der Waals surface area contributed by atoms with Crippen LogP contribution in [0.1, 0.15) is 12.7 Å². The standard InChI is InChI=1S/C27H29N3O6/c1-15-24(31)25(32)23(36-27(15)34)14-29-26(33)19(13-28)12-21-8-9-22(35-21)18-5-4-17-11-20(30(2)3)7-6-16(17)10-18/h4-12,15,23-25,27,31-32,34H,14H2,1-3H3,(H,29,33)/b19-12+/t15-,23-,24-,25-,27?/m1/s1. The van der Waals surface area contributed by atoms with Crippen LogP contribution >= 0.6 is 0 Å². The van der Waals surface area contributed by atoms with Gasteiger partial charge in [-0.2, -0.15) is 5.26 Å². The predicted octanol–water partition coefficient (Wildman–Crippen LogP) is 2.26. The molecule has 36 heavy (non-hydrogen) atoms. The molecule has 1 aromatic heterocycles. The lowest BCUT2D eigenvalue weighted by atomic mass is 9.92. The van der Waals surface area contributed by atoms with Gasteiger partial charge < -0.3 is 34.7 Å². The summed E-state index contributed by atoms with van der Waals surface area (Å²) in [6.07, 6.45) is -3.46. The van der Waals surface area contributed by atoms with E-state index in [0.717, 1.165) is 22.0 Å². The normalized spacial score (nSPS) is 24.4. The molecule has 1 aliphatic rings. The van der Waals surface area contributed by atoms with Crippen LogP contribution in [0.4, 0.5) is 5.69 Å². The minimum Gasteiger partial charge on any atom is -0.457 e. The molecule has 9 nitrogen and oxygen atoms in total. The Hall–Kier alpha value is -3.68. The molecular formula is C27H29N3O6. The van der Waals surface area contributed by atoms with Gasteiger partial charge in [0.2, 0.25) is 0 Å². The van der Waals surface area contributed by atoms with Gasteiger partial charge in [0.1, 0.15) is 35.4 Å². The summed E-state index contributed by atoms with van der Waals surface area (Å²) in [6.45, 7) is 1.34. The third-order valence-corrected chi connectivity index (χ3v) is 6.40. The minimum absolute atomic E-state index is 0.199. The number of nitriles is 1. The Morgan fingerprint density at radius 2 is 1.81 bits per heavy atom. The Morgan fingerprint density at radius 3 is 2.53 bits per heavy atom. The number of rotatable bonds is 6. The second kappa shape index (κ2) is 10.5. The number of benzene rings is 2. The third-order valence-electron chi connectivity index (χ3n) is 6.40. The first-order chi connectivity index (χ1) is 17.2. The Labute approximate surface area is 208 Å². The Morgan fingerprint density at radius 1 is 1.08 bits per heavy atom. The summed E-state index contributed by atoms with van der Waals surface area (Å²) in [5.74, 6) is -0.453. The smallest absolute Gasteiger partial charge is 0.262 e. The number of fused-ring (bicyclic) bond motifs is 1. The van der Waals surface area contributed by atoms with E-state index in [1.807, 2.05) is 55.4 Å². The SMILES string of the molecule is C[C@H]1C(O)O[C@H](CNC(=O)/C(C#N)=C/c2ccc(-c3ccc4cc(N(C)C)ccc4c3)o2)[C@@H](O)[C@@H]1O. The molecule has 9 heteroatoms. The van der Waals surface area contributed by atoms with Crippen molar-refractivity contribution in [2.24, 2.45) is 5.92 Å². The summed E-state index contributed by atoms with van der Waals surface area (Å²) in [6, 6.07) is 17.4. The number of amides is 1. The molecule has 3 aromatic rings. The van der Waals surface area contributed by atoms with Crippen molar-refractivity contribution in [2.45, 2.75) is 31.5 Å². The molecule has 2 heterocycles. The third kappa shape index (κ3) is 5.27. The van der Waals surface area contributed by atoms with Crippen LogP contribution in [0.3, 0.4) is 0 Å². The predicted molar refractivity (Wildman–Crippen MR) is 135 cm³/mol. The molecule has 0 aliphatic carbocycles. The molecule has 4 rings (SSSR count). The van der Waals surface area contributed by atoms with E-state index in [-0.39, 0.29) is 12.1 Å². The van der Waals surface area contributed by atoms with Crippen LogP contribution in [0.2, 0.25) is 0 Å². The number of hydrogen-bond donors (Lipinski definition) is 4. The second-order valence-electron chi connectivity index (χ2n) is 9.13. The van der Waals surface area contributed by atoms with Crippen LogP contribution in [0.15, 0.2) is 58.5 Å². The van der Waals surface area contributed by atoms with Crippen molar-refractivity contribution in [1.29, 1.82) is 5.26 Å². The molecule has 1 aliphatic heterocycles. The highest BCUT2D eigenvalue weighted by atomic mass is 16.6. The summed E-state index contributed by atoms with van der Waals surface area (Å²) in [5.41, 5.74) is 1.76. The van der Waals surface area contributed by atoms with Gasteiger partial charge >= 0.3 is 0 Å². The van der Waals surface area contributed by atoms with Gasteiger partial charge in [0, 0.05) is 43.9 Å². The molecule has 5 atom stereocenters. The lowest BCUT2D eigenvalue weighted by Crippen LogP contribution is -2.56. The molecule has 1 fully saturated rings. The molecular weight excluding hydrogens is 462 g/mol. The number of anilines is 1. The van der Waals surface area contributed by atoms with Crippen molar-refractivity contribution in [2.75, 3.05) is 25.5 Å². The van der Waals surface area contributed by atoms with Crippen molar-refractivity contribution in [3.8, 4) is 17.4 Å². The second-order valence-corrected chi connectivity index (χ2v) is 9.13. The fourth-order valence-corrected chi connectivity index (χ4v) is 4.08. The van der Waals surface area contributed by atoms with Crippen LogP contribution in [0.25, 0.3) is 28.2 Å². The molecule has 188 valence electrons. The molecule has 1 amide bonds. The number of carbonyl (C=O) groups is 1. The van der Waals surface area contributed by atoms with Gasteiger partial charge in [-0.15, -0.1) is 0 Å². The van der Waals surface area contributed by atoms with Gasteiger partial charge in [-0.05, 0) is 41.1 Å². The van der Waals surface area contributed by atoms with Crippen molar-refractivity contribution < 1.29 is 29.3 Å². The Balaban J connectivity index is 1.46. The van der Waals surface area contributed by atoms with E-state index in [1.165, 1.54) is 6.08 Å². The zero-order valence-corrected chi connectivity index (χ0v) is 20.3. The van der Waals surface area contributed by atoms with E-state index in [0.29, 0.717) is 11.5 Å². The quantitative estimate of drug-likeness (QED) is 0.304. The first kappa shape index (κ1) is 25.4. The summed E-state index contributed by atoms with van der Waals surface area (Å²) >= 11 is 0. The molecule has 4 N–H and O–H groups in total. The number of nitrogens with one attached hydrogen (secondary N) is 1. The van der Waals surface area contributed by atoms with Crippen molar-refractivity contribution in [3.05, 3.63) is 59.9 Å². The summed E-state index contributed by atoms with van der Waals surface area (Å²) in [4.78, 5) is 14.6. The summed E-state index contributed by atoms with van der Waals surface area (Å²) in [5, 5.41) is 44.2. The van der Waals surface area contributed by atoms with Crippen molar-refractivity contribution in [1.82, 2.24) is 5.32 Å². The van der Waals surface area contributed by atoms with Crippen LogP contribution in [-0.2, 0) is 9.53 Å². The van der Waals surface area contributed by atoms with Crippen LogP contribution in [0, 0.1) is 17.2 Å². The van der Waals surface area contributed by atoms with E-state index in [2.05, 4.69) is 11.4 Å². The van der Waals surface area contributed by atoms with Crippen LogP contribution in [-0.4, -0.2) is 66.5 Å². The average Bonchev–Trinajstić information content (AvgIpc) is 3.35. The average molecular weight is 492 g/mol. The van der Waals surface area contributed by atoms with Crippen LogP contribution in [0.5, 0.6) is 0 Å². The number of ether oxygens (including phenoxy) is 1. The lowest BCUT2D eigenvalue weighted by molar-refractivity contribution is -0.258. The van der Waals surface area contributed by atoms with Gasteiger partial charge in [-0.25, -0.2) is 0 Å². The molecule has 1 unspecified atom stereocenters. The van der Waals surface area contributed by atoms with Gasteiger partial charge in [0.25, 0.3) is 5.91 Å². The lowest BCUT2D eigenvalue weighted by Gasteiger charge is -2.39. The molecule has 2 aromatic carbocycles. The topological polar surface area (TPSA) is 139 Å². The minimum atomic E-state index is -1.29. The highest BCUT2D eigenvalue weighted by Crippen LogP contribution is 2.29. The molecule has 0 radical (unpaired) electrons. The van der Waals surface area contributed by atoms with Crippen molar-refractivity contribution >= 4 is 28.4 Å². The maximum absolute atomic E-state index is 12.5. The first-order valence-electron chi connectivity index (χ1n) is 11.6. The fraction of sp³-hybridized carbons (Fsp3) is 0.333. The number of carbonyl (C=O) groups excluding carboxylic acids is 1. The first-order valence-corrected chi connectivity index (χ1v) is 11.6. The van der Waals surface area contributed by atoms with E-state index in [1.54, 1.807) is 19.1 Å². The molecule has 0 saturated carbocycles. The highest BCUT2D eigenvalue weighted by molar-refractivity contribution is 6.01. The van der Waals surface area contributed by atoms with Crippen LogP contribution < -0.4 is 10.2 Å².